The van der Waals surface area contributed by atoms with Crippen LogP contribution in [-0.2, 0) is 5.75 Å². The van der Waals surface area contributed by atoms with Crippen LogP contribution in [-0.4, -0.2) is 9.97 Å². The number of ether oxygens (including phenoxy) is 1. The summed E-state index contributed by atoms with van der Waals surface area (Å²) in [5.41, 5.74) is 3.25. The lowest BCUT2D eigenvalue weighted by atomic mass is 10.1. The zero-order valence-corrected chi connectivity index (χ0v) is 16.6. The fourth-order valence-electron chi connectivity index (χ4n) is 2.81. The molecule has 0 fully saturated rings. The highest BCUT2D eigenvalue weighted by Crippen LogP contribution is 2.29. The fraction of sp³-hybridized carbons (Fsp3) is 0.0417. The third-order valence-corrected chi connectivity index (χ3v) is 5.11. The molecule has 6 heteroatoms. The summed E-state index contributed by atoms with van der Waals surface area (Å²) < 4.78 is 19.3. The molecule has 30 heavy (non-hydrogen) atoms. The Morgan fingerprint density at radius 1 is 0.900 bits per heavy atom. The highest BCUT2D eigenvalue weighted by molar-refractivity contribution is 7.98. The van der Waals surface area contributed by atoms with Crippen molar-refractivity contribution < 1.29 is 9.13 Å². The van der Waals surface area contributed by atoms with Crippen LogP contribution in [0, 0.1) is 17.1 Å². The third-order valence-electron chi connectivity index (χ3n) is 4.19. The molecule has 4 nitrogen and oxygen atoms in total. The highest BCUT2D eigenvalue weighted by Gasteiger charge is 2.10. The first-order chi connectivity index (χ1) is 14.7. The van der Waals surface area contributed by atoms with Crippen LogP contribution in [0.15, 0.2) is 90.1 Å². The van der Waals surface area contributed by atoms with Crippen molar-refractivity contribution in [1.82, 2.24) is 9.97 Å². The second-order valence-electron chi connectivity index (χ2n) is 6.40. The zero-order chi connectivity index (χ0) is 20.8. The molecule has 4 aromatic rings. The predicted octanol–water partition coefficient (Wildman–Crippen LogP) is 6.24. The Balaban J connectivity index is 1.63. The number of benzene rings is 3. The lowest BCUT2D eigenvalue weighted by molar-refractivity contribution is 0.451. The Kier molecular flexibility index (Phi) is 6.02. The maximum atomic E-state index is 13.5. The van der Waals surface area contributed by atoms with Gasteiger partial charge in [-0.3, -0.25) is 0 Å². The van der Waals surface area contributed by atoms with Crippen molar-refractivity contribution in [2.24, 2.45) is 0 Å². The van der Waals surface area contributed by atoms with Gasteiger partial charge in [0.1, 0.15) is 11.6 Å². The molecule has 0 atom stereocenters. The van der Waals surface area contributed by atoms with Gasteiger partial charge in [0, 0.05) is 23.4 Å². The standard InChI is InChI=1S/C24H16FN3OS/c25-20-10-5-11-21(13-20)29-23-14-22(19-8-2-1-3-9-19)27-24(28-23)30-16-18-7-4-6-17(12-18)15-26/h1-14H,16H2. The van der Waals surface area contributed by atoms with Gasteiger partial charge in [-0.05, 0) is 29.8 Å². The number of hydrogen-bond donors (Lipinski definition) is 0. The second-order valence-corrected chi connectivity index (χ2v) is 7.34. The minimum atomic E-state index is -0.378. The number of hydrogen-bond acceptors (Lipinski definition) is 5. The molecule has 0 bridgehead atoms. The summed E-state index contributed by atoms with van der Waals surface area (Å²) in [7, 11) is 0. The van der Waals surface area contributed by atoms with Gasteiger partial charge >= 0.3 is 0 Å². The average Bonchev–Trinajstić information content (AvgIpc) is 2.78. The lowest BCUT2D eigenvalue weighted by Crippen LogP contribution is -1.96. The molecule has 0 radical (unpaired) electrons. The average molecular weight is 413 g/mol. The maximum absolute atomic E-state index is 13.5. The lowest BCUT2D eigenvalue weighted by Gasteiger charge is -2.10. The summed E-state index contributed by atoms with van der Waals surface area (Å²) in [6.07, 6.45) is 0. The van der Waals surface area contributed by atoms with E-state index in [4.69, 9.17) is 10.00 Å². The first-order valence-electron chi connectivity index (χ1n) is 9.19. The summed E-state index contributed by atoms with van der Waals surface area (Å²) in [5, 5.41) is 9.61. The first kappa shape index (κ1) is 19.6. The molecule has 0 saturated heterocycles. The van der Waals surface area contributed by atoms with Crippen LogP contribution in [0.3, 0.4) is 0 Å². The van der Waals surface area contributed by atoms with Crippen molar-refractivity contribution in [1.29, 1.82) is 5.26 Å². The fourth-order valence-corrected chi connectivity index (χ4v) is 3.60. The van der Waals surface area contributed by atoms with Crippen molar-refractivity contribution in [3.63, 3.8) is 0 Å². The molecule has 0 aliphatic heterocycles. The normalized spacial score (nSPS) is 10.4. The number of rotatable bonds is 6. The smallest absolute Gasteiger partial charge is 0.223 e. The molecule has 0 aliphatic carbocycles. The third kappa shape index (κ3) is 5.02. The first-order valence-corrected chi connectivity index (χ1v) is 10.2. The van der Waals surface area contributed by atoms with Crippen molar-refractivity contribution >= 4 is 11.8 Å². The molecule has 146 valence electrons. The molecule has 0 spiro atoms. The van der Waals surface area contributed by atoms with E-state index in [1.54, 1.807) is 24.3 Å². The van der Waals surface area contributed by atoms with E-state index >= 15 is 0 Å². The van der Waals surface area contributed by atoms with Gasteiger partial charge in [0.25, 0.3) is 0 Å². The number of aromatic nitrogens is 2. The Labute approximate surface area is 178 Å². The van der Waals surface area contributed by atoms with Crippen molar-refractivity contribution in [3.8, 4) is 29.0 Å². The topological polar surface area (TPSA) is 58.8 Å². The van der Waals surface area contributed by atoms with E-state index in [9.17, 15) is 4.39 Å². The minimum Gasteiger partial charge on any atom is -0.439 e. The molecule has 3 aromatic carbocycles. The van der Waals surface area contributed by atoms with E-state index in [1.807, 2.05) is 48.5 Å². The van der Waals surface area contributed by atoms with E-state index in [2.05, 4.69) is 16.0 Å². The molecule has 0 N–H and O–H groups in total. The molecule has 1 aromatic heterocycles. The molecule has 0 aliphatic rings. The molecule has 4 rings (SSSR count). The molecular weight excluding hydrogens is 397 g/mol. The highest BCUT2D eigenvalue weighted by atomic mass is 32.2. The molecule has 1 heterocycles. The van der Waals surface area contributed by atoms with Gasteiger partial charge in [-0.25, -0.2) is 9.37 Å². The summed E-state index contributed by atoms with van der Waals surface area (Å²) in [4.78, 5) is 9.14. The van der Waals surface area contributed by atoms with Crippen LogP contribution in [0.25, 0.3) is 11.3 Å². The van der Waals surface area contributed by atoms with Crippen LogP contribution < -0.4 is 4.74 Å². The van der Waals surface area contributed by atoms with E-state index in [-0.39, 0.29) is 5.82 Å². The minimum absolute atomic E-state index is 0.336. The van der Waals surface area contributed by atoms with Crippen LogP contribution in [0.1, 0.15) is 11.1 Å². The van der Waals surface area contributed by atoms with Gasteiger partial charge in [-0.2, -0.15) is 10.2 Å². The number of nitrogens with zero attached hydrogens (tertiary/aromatic N) is 3. The van der Waals surface area contributed by atoms with Crippen LogP contribution in [0.5, 0.6) is 11.6 Å². The maximum Gasteiger partial charge on any atom is 0.223 e. The van der Waals surface area contributed by atoms with Gasteiger partial charge < -0.3 is 4.74 Å². The van der Waals surface area contributed by atoms with Crippen molar-refractivity contribution in [2.45, 2.75) is 10.9 Å². The van der Waals surface area contributed by atoms with E-state index < -0.39 is 0 Å². The van der Waals surface area contributed by atoms with Gasteiger partial charge in [-0.1, -0.05) is 60.3 Å². The van der Waals surface area contributed by atoms with Crippen molar-refractivity contribution in [2.75, 3.05) is 0 Å². The summed E-state index contributed by atoms with van der Waals surface area (Å²) in [5.74, 6) is 0.928. The van der Waals surface area contributed by atoms with E-state index in [0.29, 0.717) is 33.8 Å². The van der Waals surface area contributed by atoms with Crippen molar-refractivity contribution in [3.05, 3.63) is 102 Å². The van der Waals surface area contributed by atoms with Crippen LogP contribution in [0.2, 0.25) is 0 Å². The Morgan fingerprint density at radius 2 is 1.73 bits per heavy atom. The number of halogens is 1. The van der Waals surface area contributed by atoms with Crippen LogP contribution >= 0.6 is 11.8 Å². The van der Waals surface area contributed by atoms with E-state index in [1.165, 1.54) is 23.9 Å². The zero-order valence-electron chi connectivity index (χ0n) is 15.8. The monoisotopic (exact) mass is 413 g/mol. The molecule has 0 unspecified atom stereocenters. The van der Waals surface area contributed by atoms with Crippen LogP contribution in [0.4, 0.5) is 4.39 Å². The molecule has 0 amide bonds. The Bertz CT molecular complexity index is 1210. The number of nitriles is 1. The summed E-state index contributed by atoms with van der Waals surface area (Å²) >= 11 is 1.44. The SMILES string of the molecule is N#Cc1cccc(CSc2nc(Oc3cccc(F)c3)cc(-c3ccccc3)n2)c1. The van der Waals surface area contributed by atoms with Gasteiger partial charge in [0.15, 0.2) is 5.16 Å². The molecular formula is C24H16FN3OS. The quantitative estimate of drug-likeness (QED) is 0.277. The van der Waals surface area contributed by atoms with Gasteiger partial charge in [0.05, 0.1) is 17.3 Å². The summed E-state index contributed by atoms with van der Waals surface area (Å²) in [6.45, 7) is 0. The molecule has 0 saturated carbocycles. The van der Waals surface area contributed by atoms with E-state index in [0.717, 1.165) is 11.1 Å². The summed E-state index contributed by atoms with van der Waals surface area (Å²) in [6, 6.07) is 27.0. The second kappa shape index (κ2) is 9.21. The predicted molar refractivity (Wildman–Crippen MR) is 115 cm³/mol. The van der Waals surface area contributed by atoms with Gasteiger partial charge in [0.2, 0.25) is 5.88 Å². The Hall–Kier alpha value is -3.69. The van der Waals surface area contributed by atoms with Gasteiger partial charge in [-0.15, -0.1) is 0 Å². The largest absolute Gasteiger partial charge is 0.439 e. The number of thioether (sulfide) groups is 1. The Morgan fingerprint density at radius 3 is 2.53 bits per heavy atom.